The fraction of sp³-hybridized carbons (Fsp3) is 0.667. The molecule has 2 nitrogen and oxygen atoms in total. The Morgan fingerprint density at radius 1 is 1.71 bits per heavy atom. The zero-order valence-electron chi connectivity index (χ0n) is 9.21. The van der Waals surface area contributed by atoms with Crippen molar-refractivity contribution in [2.24, 2.45) is 0 Å². The van der Waals surface area contributed by atoms with Gasteiger partial charge < -0.3 is 9.47 Å². The van der Waals surface area contributed by atoms with Crippen molar-refractivity contribution in [3.8, 4) is 0 Å². The summed E-state index contributed by atoms with van der Waals surface area (Å²) in [7, 11) is 0. The van der Waals surface area contributed by atoms with Gasteiger partial charge in [0, 0.05) is 6.42 Å². The summed E-state index contributed by atoms with van der Waals surface area (Å²) >= 11 is 0. The summed E-state index contributed by atoms with van der Waals surface area (Å²) in [6.45, 7) is 12.4. The molecule has 0 radical (unpaired) electrons. The SMILES string of the molecule is C=CCOC1CCC(=C)C(C)(CC)O1. The largest absolute Gasteiger partial charge is 0.349 e. The zero-order valence-corrected chi connectivity index (χ0v) is 9.21. The van der Waals surface area contributed by atoms with E-state index in [0.29, 0.717) is 6.61 Å². The van der Waals surface area contributed by atoms with Crippen LogP contribution in [0.3, 0.4) is 0 Å². The molecule has 2 atom stereocenters. The van der Waals surface area contributed by atoms with E-state index in [0.717, 1.165) is 19.3 Å². The molecule has 2 unspecified atom stereocenters. The predicted molar refractivity (Wildman–Crippen MR) is 58.1 cm³/mol. The van der Waals surface area contributed by atoms with Crippen molar-refractivity contribution in [1.29, 1.82) is 0 Å². The van der Waals surface area contributed by atoms with Gasteiger partial charge in [0.05, 0.1) is 12.2 Å². The lowest BCUT2D eigenvalue weighted by Gasteiger charge is -2.39. The zero-order chi connectivity index (χ0) is 10.6. The summed E-state index contributed by atoms with van der Waals surface area (Å²) in [5.41, 5.74) is 0.975. The van der Waals surface area contributed by atoms with Gasteiger partial charge in [-0.2, -0.15) is 0 Å². The Morgan fingerprint density at radius 3 is 3.00 bits per heavy atom. The van der Waals surface area contributed by atoms with E-state index in [9.17, 15) is 0 Å². The molecule has 0 spiro atoms. The van der Waals surface area contributed by atoms with Gasteiger partial charge in [-0.3, -0.25) is 0 Å². The van der Waals surface area contributed by atoms with Crippen LogP contribution in [0, 0.1) is 0 Å². The molecule has 0 aromatic carbocycles. The minimum Gasteiger partial charge on any atom is -0.349 e. The van der Waals surface area contributed by atoms with Gasteiger partial charge in [0.1, 0.15) is 0 Å². The maximum atomic E-state index is 5.87. The first-order valence-corrected chi connectivity index (χ1v) is 5.21. The molecule has 14 heavy (non-hydrogen) atoms. The molecule has 80 valence electrons. The van der Waals surface area contributed by atoms with E-state index in [1.54, 1.807) is 6.08 Å². The first kappa shape index (κ1) is 11.5. The van der Waals surface area contributed by atoms with Crippen LogP contribution in [0.15, 0.2) is 24.8 Å². The van der Waals surface area contributed by atoms with Gasteiger partial charge in [0.25, 0.3) is 0 Å². The summed E-state index contributed by atoms with van der Waals surface area (Å²) in [6.07, 6.45) is 4.49. The van der Waals surface area contributed by atoms with Crippen LogP contribution in [0.2, 0.25) is 0 Å². The normalized spacial score (nSPS) is 33.0. The van der Waals surface area contributed by atoms with Crippen LogP contribution in [0.25, 0.3) is 0 Å². The summed E-state index contributed by atoms with van der Waals surface area (Å²) in [6, 6.07) is 0. The Bertz CT molecular complexity index is 220. The van der Waals surface area contributed by atoms with Crippen molar-refractivity contribution in [2.45, 2.75) is 45.0 Å². The van der Waals surface area contributed by atoms with Crippen LogP contribution in [-0.2, 0) is 9.47 Å². The van der Waals surface area contributed by atoms with Gasteiger partial charge in [0.15, 0.2) is 6.29 Å². The van der Waals surface area contributed by atoms with Crippen molar-refractivity contribution in [2.75, 3.05) is 6.61 Å². The average Bonchev–Trinajstić information content (AvgIpc) is 2.20. The third-order valence-corrected chi connectivity index (χ3v) is 2.90. The Balaban J connectivity index is 2.53. The molecule has 1 aliphatic heterocycles. The van der Waals surface area contributed by atoms with Crippen LogP contribution in [0.5, 0.6) is 0 Å². The number of hydrogen-bond acceptors (Lipinski definition) is 2. The molecular weight excluding hydrogens is 176 g/mol. The van der Waals surface area contributed by atoms with Gasteiger partial charge in [-0.15, -0.1) is 6.58 Å². The van der Waals surface area contributed by atoms with Crippen molar-refractivity contribution < 1.29 is 9.47 Å². The topological polar surface area (TPSA) is 18.5 Å². The summed E-state index contributed by atoms with van der Waals surface area (Å²) in [5.74, 6) is 0. The highest BCUT2D eigenvalue weighted by molar-refractivity contribution is 5.13. The van der Waals surface area contributed by atoms with Gasteiger partial charge in [0.2, 0.25) is 0 Å². The monoisotopic (exact) mass is 196 g/mol. The smallest absolute Gasteiger partial charge is 0.159 e. The first-order valence-electron chi connectivity index (χ1n) is 5.21. The van der Waals surface area contributed by atoms with Crippen molar-refractivity contribution in [1.82, 2.24) is 0 Å². The number of hydrogen-bond donors (Lipinski definition) is 0. The second-order valence-electron chi connectivity index (χ2n) is 3.90. The van der Waals surface area contributed by atoms with Gasteiger partial charge in [-0.05, 0) is 25.3 Å². The van der Waals surface area contributed by atoms with E-state index in [-0.39, 0.29) is 11.9 Å². The maximum absolute atomic E-state index is 5.87. The molecule has 1 heterocycles. The Hall–Kier alpha value is -0.600. The van der Waals surface area contributed by atoms with Gasteiger partial charge in [-0.1, -0.05) is 19.6 Å². The van der Waals surface area contributed by atoms with E-state index in [1.807, 2.05) is 0 Å². The fourth-order valence-electron chi connectivity index (χ4n) is 1.61. The standard InChI is InChI=1S/C12H20O2/c1-5-9-13-11-8-7-10(3)12(4,6-2)14-11/h5,11H,1,3,6-9H2,2,4H3. The molecular formula is C12H20O2. The fourth-order valence-corrected chi connectivity index (χ4v) is 1.61. The minimum absolute atomic E-state index is 0.0940. The molecule has 0 N–H and O–H groups in total. The lowest BCUT2D eigenvalue weighted by Crippen LogP contribution is -2.40. The Morgan fingerprint density at radius 2 is 2.43 bits per heavy atom. The molecule has 1 rings (SSSR count). The van der Waals surface area contributed by atoms with Crippen LogP contribution >= 0.6 is 0 Å². The first-order chi connectivity index (χ1) is 6.62. The van der Waals surface area contributed by atoms with E-state index in [4.69, 9.17) is 9.47 Å². The number of ether oxygens (including phenoxy) is 2. The van der Waals surface area contributed by atoms with Crippen molar-refractivity contribution in [3.05, 3.63) is 24.8 Å². The Kier molecular flexibility index (Phi) is 3.90. The van der Waals surface area contributed by atoms with Crippen molar-refractivity contribution >= 4 is 0 Å². The van der Waals surface area contributed by atoms with Gasteiger partial charge in [-0.25, -0.2) is 0 Å². The van der Waals surface area contributed by atoms with Crippen LogP contribution < -0.4 is 0 Å². The molecule has 0 bridgehead atoms. The molecule has 2 heteroatoms. The highest BCUT2D eigenvalue weighted by Gasteiger charge is 2.34. The van der Waals surface area contributed by atoms with E-state index in [1.165, 1.54) is 5.57 Å². The third kappa shape index (κ3) is 2.46. The van der Waals surface area contributed by atoms with Gasteiger partial charge >= 0.3 is 0 Å². The lowest BCUT2D eigenvalue weighted by atomic mass is 9.88. The second kappa shape index (κ2) is 4.76. The Labute approximate surface area is 86.6 Å². The maximum Gasteiger partial charge on any atom is 0.159 e. The summed E-state index contributed by atoms with van der Waals surface area (Å²) in [4.78, 5) is 0. The molecule has 0 aromatic heterocycles. The van der Waals surface area contributed by atoms with E-state index < -0.39 is 0 Å². The third-order valence-electron chi connectivity index (χ3n) is 2.90. The highest BCUT2D eigenvalue weighted by Crippen LogP contribution is 2.35. The molecule has 0 saturated carbocycles. The molecule has 0 amide bonds. The number of rotatable bonds is 4. The predicted octanol–water partition coefficient (Wildman–Crippen LogP) is 3.05. The van der Waals surface area contributed by atoms with E-state index >= 15 is 0 Å². The van der Waals surface area contributed by atoms with E-state index in [2.05, 4.69) is 27.0 Å². The minimum atomic E-state index is -0.204. The van der Waals surface area contributed by atoms with Crippen molar-refractivity contribution in [3.63, 3.8) is 0 Å². The van der Waals surface area contributed by atoms with Crippen LogP contribution in [0.1, 0.15) is 33.1 Å². The molecule has 0 aliphatic carbocycles. The highest BCUT2D eigenvalue weighted by atomic mass is 16.7. The quantitative estimate of drug-likeness (QED) is 0.643. The second-order valence-corrected chi connectivity index (χ2v) is 3.90. The van der Waals surface area contributed by atoms with Crippen LogP contribution in [0.4, 0.5) is 0 Å². The molecule has 0 aromatic rings. The molecule has 1 fully saturated rings. The lowest BCUT2D eigenvalue weighted by molar-refractivity contribution is -0.207. The molecule has 1 saturated heterocycles. The van der Waals surface area contributed by atoms with Crippen LogP contribution in [-0.4, -0.2) is 18.5 Å². The summed E-state index contributed by atoms with van der Waals surface area (Å²) < 4.78 is 11.4. The summed E-state index contributed by atoms with van der Waals surface area (Å²) in [5, 5.41) is 0. The average molecular weight is 196 g/mol. The molecule has 1 aliphatic rings.